The highest BCUT2D eigenvalue weighted by Gasteiger charge is 2.11. The Morgan fingerprint density at radius 2 is 1.76 bits per heavy atom. The average molecular weight is 325 g/mol. The summed E-state index contributed by atoms with van der Waals surface area (Å²) in [7, 11) is 0. The fourth-order valence-corrected chi connectivity index (χ4v) is 2.24. The lowest BCUT2D eigenvalue weighted by Gasteiger charge is -2.08. The molecule has 0 fully saturated rings. The molecule has 2 aromatic rings. The number of nitrogens with zero attached hydrogens (tertiary/aromatic N) is 1. The number of nitrogens with one attached hydrogen (secondary N) is 1. The van der Waals surface area contributed by atoms with E-state index in [1.165, 1.54) is 24.3 Å². The summed E-state index contributed by atoms with van der Waals surface area (Å²) in [6, 6.07) is 7.30. The number of aromatic carboxylic acids is 1. The predicted octanol–water partition coefficient (Wildman–Crippen LogP) is 3.65. The molecule has 1 aromatic heterocycles. The number of hydrogen-bond acceptors (Lipinski definition) is 3. The van der Waals surface area contributed by atoms with Gasteiger partial charge in [0.1, 0.15) is 10.3 Å². The third-order valence-electron chi connectivity index (χ3n) is 2.74. The van der Waals surface area contributed by atoms with Crippen molar-refractivity contribution in [2.24, 2.45) is 0 Å². The second kappa shape index (κ2) is 6.11. The molecule has 1 amide bonds. The fourth-order valence-electron chi connectivity index (χ4n) is 1.78. The van der Waals surface area contributed by atoms with Crippen molar-refractivity contribution in [1.82, 2.24) is 4.98 Å². The number of carboxylic acid groups (broad SMARTS) is 1. The molecule has 1 heterocycles. The molecule has 0 aliphatic carbocycles. The maximum Gasteiger partial charge on any atom is 0.335 e. The summed E-state index contributed by atoms with van der Waals surface area (Å²) in [5.41, 5.74) is 1.47. The highest BCUT2D eigenvalue weighted by Crippen LogP contribution is 2.18. The van der Waals surface area contributed by atoms with E-state index in [0.717, 1.165) is 0 Å². The lowest BCUT2D eigenvalue weighted by molar-refractivity contribution is 0.0696. The normalized spacial score (nSPS) is 10.2. The molecule has 7 heteroatoms. The van der Waals surface area contributed by atoms with E-state index in [2.05, 4.69) is 10.3 Å². The molecule has 0 atom stereocenters. The molecule has 108 valence electrons. The predicted molar refractivity (Wildman–Crippen MR) is 80.3 cm³/mol. The Balaban J connectivity index is 2.23. The van der Waals surface area contributed by atoms with Gasteiger partial charge < -0.3 is 10.4 Å². The number of carboxylic acids is 1. The van der Waals surface area contributed by atoms with Crippen LogP contribution < -0.4 is 5.32 Å². The first-order valence-electron chi connectivity index (χ1n) is 5.85. The van der Waals surface area contributed by atoms with E-state index in [-0.39, 0.29) is 21.4 Å². The van der Waals surface area contributed by atoms with Gasteiger partial charge in [-0.2, -0.15) is 0 Å². The van der Waals surface area contributed by atoms with Gasteiger partial charge in [-0.1, -0.05) is 23.2 Å². The molecule has 0 unspecified atom stereocenters. The Morgan fingerprint density at radius 3 is 2.29 bits per heavy atom. The molecule has 0 spiro atoms. The number of pyridine rings is 1. The Morgan fingerprint density at radius 1 is 1.14 bits per heavy atom. The van der Waals surface area contributed by atoms with Crippen molar-refractivity contribution in [3.8, 4) is 0 Å². The van der Waals surface area contributed by atoms with Gasteiger partial charge in [0.05, 0.1) is 5.56 Å². The lowest BCUT2D eigenvalue weighted by atomic mass is 10.1. The molecule has 1 aromatic carbocycles. The molecule has 2 N–H and O–H groups in total. The molecule has 2 rings (SSSR count). The van der Waals surface area contributed by atoms with Crippen molar-refractivity contribution in [2.45, 2.75) is 6.92 Å². The third-order valence-corrected chi connectivity index (χ3v) is 3.13. The van der Waals surface area contributed by atoms with E-state index in [9.17, 15) is 9.59 Å². The minimum Gasteiger partial charge on any atom is -0.478 e. The standard InChI is InChI=1S/C14H10Cl2N2O3/c1-7-4-9(2-3-10(7)14(20)21)17-13(19)8-5-11(15)18-12(16)6-8/h2-6H,1H3,(H,17,19)(H,20,21). The fraction of sp³-hybridized carbons (Fsp3) is 0.0714. The number of carbonyl (C=O) groups is 2. The lowest BCUT2D eigenvalue weighted by Crippen LogP contribution is -2.12. The zero-order valence-corrected chi connectivity index (χ0v) is 12.4. The first-order chi connectivity index (χ1) is 9.86. The van der Waals surface area contributed by atoms with Crippen molar-refractivity contribution in [3.63, 3.8) is 0 Å². The second-order valence-electron chi connectivity index (χ2n) is 4.29. The maximum atomic E-state index is 12.1. The number of benzene rings is 1. The van der Waals surface area contributed by atoms with E-state index in [1.54, 1.807) is 13.0 Å². The molecule has 21 heavy (non-hydrogen) atoms. The minimum absolute atomic E-state index is 0.116. The third kappa shape index (κ3) is 3.71. The van der Waals surface area contributed by atoms with E-state index in [4.69, 9.17) is 28.3 Å². The van der Waals surface area contributed by atoms with Gasteiger partial charge >= 0.3 is 5.97 Å². The molecule has 0 aliphatic heterocycles. The number of carbonyl (C=O) groups excluding carboxylic acids is 1. The van der Waals surface area contributed by atoms with Crippen LogP contribution in [0.15, 0.2) is 30.3 Å². The van der Waals surface area contributed by atoms with Crippen LogP contribution in [0, 0.1) is 6.92 Å². The molecule has 0 bridgehead atoms. The van der Waals surface area contributed by atoms with Gasteiger partial charge in [-0.05, 0) is 42.8 Å². The summed E-state index contributed by atoms with van der Waals surface area (Å²) in [4.78, 5) is 26.8. The zero-order valence-electron chi connectivity index (χ0n) is 10.9. The van der Waals surface area contributed by atoms with Gasteiger partial charge in [0.2, 0.25) is 0 Å². The van der Waals surface area contributed by atoms with Crippen LogP contribution in [0.5, 0.6) is 0 Å². The van der Waals surface area contributed by atoms with Crippen molar-refractivity contribution >= 4 is 40.8 Å². The van der Waals surface area contributed by atoms with E-state index in [1.807, 2.05) is 0 Å². The smallest absolute Gasteiger partial charge is 0.335 e. The summed E-state index contributed by atoms with van der Waals surface area (Å²) in [6.45, 7) is 1.65. The Kier molecular flexibility index (Phi) is 4.45. The maximum absolute atomic E-state index is 12.1. The minimum atomic E-state index is -1.02. The molecule has 0 radical (unpaired) electrons. The zero-order chi connectivity index (χ0) is 15.6. The second-order valence-corrected chi connectivity index (χ2v) is 5.06. The van der Waals surface area contributed by atoms with Crippen LogP contribution >= 0.6 is 23.2 Å². The van der Waals surface area contributed by atoms with Crippen LogP contribution in [-0.2, 0) is 0 Å². The van der Waals surface area contributed by atoms with Crippen LogP contribution in [0.4, 0.5) is 5.69 Å². The Bertz CT molecular complexity index is 712. The van der Waals surface area contributed by atoms with Gasteiger partial charge in [-0.25, -0.2) is 9.78 Å². The van der Waals surface area contributed by atoms with Crippen LogP contribution in [0.1, 0.15) is 26.3 Å². The SMILES string of the molecule is Cc1cc(NC(=O)c2cc(Cl)nc(Cl)c2)ccc1C(=O)O. The van der Waals surface area contributed by atoms with Gasteiger partial charge in [0.15, 0.2) is 0 Å². The number of aromatic nitrogens is 1. The molecular formula is C14H10Cl2N2O3. The van der Waals surface area contributed by atoms with Crippen molar-refractivity contribution in [1.29, 1.82) is 0 Å². The molecule has 0 saturated carbocycles. The highest BCUT2D eigenvalue weighted by molar-refractivity contribution is 6.33. The average Bonchev–Trinajstić information content (AvgIpc) is 2.37. The molecular weight excluding hydrogens is 315 g/mol. The van der Waals surface area contributed by atoms with Crippen molar-refractivity contribution in [2.75, 3.05) is 5.32 Å². The Labute approximate surface area is 130 Å². The number of aryl methyl sites for hydroxylation is 1. The van der Waals surface area contributed by atoms with Gasteiger partial charge in [-0.3, -0.25) is 4.79 Å². The monoisotopic (exact) mass is 324 g/mol. The number of halogens is 2. The van der Waals surface area contributed by atoms with Crippen molar-refractivity contribution in [3.05, 3.63) is 57.3 Å². The van der Waals surface area contributed by atoms with Crippen molar-refractivity contribution < 1.29 is 14.7 Å². The van der Waals surface area contributed by atoms with Crippen LogP contribution in [0.3, 0.4) is 0 Å². The topological polar surface area (TPSA) is 79.3 Å². The number of rotatable bonds is 3. The summed E-state index contributed by atoms with van der Waals surface area (Å²) < 4.78 is 0. The molecule has 5 nitrogen and oxygen atoms in total. The molecule has 0 aliphatic rings. The summed E-state index contributed by atoms with van der Waals surface area (Å²) >= 11 is 11.5. The van der Waals surface area contributed by atoms with E-state index in [0.29, 0.717) is 11.3 Å². The first-order valence-corrected chi connectivity index (χ1v) is 6.61. The van der Waals surface area contributed by atoms with Crippen LogP contribution in [0.2, 0.25) is 10.3 Å². The highest BCUT2D eigenvalue weighted by atomic mass is 35.5. The summed E-state index contributed by atoms with van der Waals surface area (Å²) in [5, 5.41) is 11.8. The largest absolute Gasteiger partial charge is 0.478 e. The van der Waals surface area contributed by atoms with E-state index >= 15 is 0 Å². The number of amides is 1. The first kappa shape index (κ1) is 15.3. The van der Waals surface area contributed by atoms with Gasteiger partial charge in [0, 0.05) is 11.3 Å². The van der Waals surface area contributed by atoms with E-state index < -0.39 is 11.9 Å². The summed E-state index contributed by atoms with van der Waals surface area (Å²) in [6.07, 6.45) is 0. The quantitative estimate of drug-likeness (QED) is 0.844. The Hall–Kier alpha value is -2.11. The molecule has 0 saturated heterocycles. The van der Waals surface area contributed by atoms with Gasteiger partial charge in [-0.15, -0.1) is 0 Å². The van der Waals surface area contributed by atoms with Crippen LogP contribution in [0.25, 0.3) is 0 Å². The number of hydrogen-bond donors (Lipinski definition) is 2. The van der Waals surface area contributed by atoms with Gasteiger partial charge in [0.25, 0.3) is 5.91 Å². The summed E-state index contributed by atoms with van der Waals surface area (Å²) in [5.74, 6) is -1.43. The number of anilines is 1. The van der Waals surface area contributed by atoms with Crippen LogP contribution in [-0.4, -0.2) is 22.0 Å².